The monoisotopic (exact) mass is 310 g/mol. The standard InChI is InChI=1S/C10H3F5N2O2S/c11-2-1(3(12)5(14)6(15)4(2)13)7-8(9(18)19)20-10(16)17-7/h(H2,16,17)(H,18,19). The first-order chi connectivity index (χ1) is 9.25. The van der Waals surface area contributed by atoms with Gasteiger partial charge in [0.15, 0.2) is 28.4 Å². The molecule has 4 nitrogen and oxygen atoms in total. The summed E-state index contributed by atoms with van der Waals surface area (Å²) < 4.78 is 66.1. The summed E-state index contributed by atoms with van der Waals surface area (Å²) in [5, 5.41) is 8.44. The average Bonchev–Trinajstić information content (AvgIpc) is 2.76. The quantitative estimate of drug-likeness (QED) is 0.508. The predicted molar refractivity (Wildman–Crippen MR) is 58.7 cm³/mol. The number of rotatable bonds is 2. The number of benzene rings is 1. The van der Waals surface area contributed by atoms with Gasteiger partial charge in [-0.05, 0) is 0 Å². The summed E-state index contributed by atoms with van der Waals surface area (Å²) >= 11 is 0.346. The molecule has 0 radical (unpaired) electrons. The van der Waals surface area contributed by atoms with Crippen LogP contribution >= 0.6 is 11.3 Å². The first-order valence-corrected chi connectivity index (χ1v) is 5.58. The summed E-state index contributed by atoms with van der Waals surface area (Å²) in [7, 11) is 0. The summed E-state index contributed by atoms with van der Waals surface area (Å²) in [6.45, 7) is 0. The molecule has 0 unspecified atom stereocenters. The SMILES string of the molecule is Nc1nc(-c2c(F)c(F)c(F)c(F)c2F)c(C(=O)O)s1. The van der Waals surface area contributed by atoms with Crippen LogP contribution in [0.15, 0.2) is 0 Å². The molecule has 0 aliphatic rings. The van der Waals surface area contributed by atoms with Crippen LogP contribution in [0, 0.1) is 29.1 Å². The van der Waals surface area contributed by atoms with Gasteiger partial charge >= 0.3 is 5.97 Å². The van der Waals surface area contributed by atoms with Crippen molar-refractivity contribution in [1.82, 2.24) is 4.98 Å². The largest absolute Gasteiger partial charge is 0.477 e. The van der Waals surface area contributed by atoms with Gasteiger partial charge in [-0.2, -0.15) is 0 Å². The zero-order valence-electron chi connectivity index (χ0n) is 9.18. The number of nitrogen functional groups attached to an aromatic ring is 1. The van der Waals surface area contributed by atoms with Crippen molar-refractivity contribution in [2.75, 3.05) is 5.73 Å². The first-order valence-electron chi connectivity index (χ1n) is 4.77. The molecule has 0 aliphatic heterocycles. The molecule has 0 amide bonds. The predicted octanol–water partition coefficient (Wildman–Crippen LogP) is 2.79. The summed E-state index contributed by atoms with van der Waals surface area (Å²) in [6, 6.07) is 0. The molecule has 2 rings (SSSR count). The topological polar surface area (TPSA) is 76.2 Å². The van der Waals surface area contributed by atoms with Gasteiger partial charge in [-0.1, -0.05) is 11.3 Å². The smallest absolute Gasteiger partial charge is 0.348 e. The molecule has 0 spiro atoms. The summed E-state index contributed by atoms with van der Waals surface area (Å²) in [6.07, 6.45) is 0. The Morgan fingerprint density at radius 3 is 1.90 bits per heavy atom. The normalized spacial score (nSPS) is 10.8. The lowest BCUT2D eigenvalue weighted by Gasteiger charge is -2.06. The van der Waals surface area contributed by atoms with E-state index in [0.29, 0.717) is 11.3 Å². The van der Waals surface area contributed by atoms with Crippen LogP contribution in [0.4, 0.5) is 27.1 Å². The highest BCUT2D eigenvalue weighted by atomic mass is 32.1. The Bertz CT molecular complexity index is 702. The van der Waals surface area contributed by atoms with Crippen LogP contribution in [0.2, 0.25) is 0 Å². The van der Waals surface area contributed by atoms with Crippen molar-refractivity contribution in [1.29, 1.82) is 0 Å². The maximum atomic E-state index is 13.6. The number of nitrogens with two attached hydrogens (primary N) is 1. The van der Waals surface area contributed by atoms with Crippen molar-refractivity contribution in [2.45, 2.75) is 0 Å². The second-order valence-electron chi connectivity index (χ2n) is 3.48. The maximum Gasteiger partial charge on any atom is 0.348 e. The second-order valence-corrected chi connectivity index (χ2v) is 4.51. The molecular formula is C10H3F5N2O2S. The molecule has 1 heterocycles. The fourth-order valence-corrected chi connectivity index (χ4v) is 2.14. The Balaban J connectivity index is 2.87. The highest BCUT2D eigenvalue weighted by Gasteiger charge is 2.31. The molecular weight excluding hydrogens is 307 g/mol. The first kappa shape index (κ1) is 14.2. The Hall–Kier alpha value is -2.23. The van der Waals surface area contributed by atoms with E-state index >= 15 is 0 Å². The summed E-state index contributed by atoms with van der Waals surface area (Å²) in [5.74, 6) is -12.7. The number of carbonyl (C=O) groups is 1. The molecule has 0 fully saturated rings. The van der Waals surface area contributed by atoms with Crippen molar-refractivity contribution in [3.05, 3.63) is 34.0 Å². The van der Waals surface area contributed by atoms with E-state index in [9.17, 15) is 26.7 Å². The molecule has 1 aromatic carbocycles. The Morgan fingerprint density at radius 1 is 1.00 bits per heavy atom. The molecule has 2 aromatic rings. The molecule has 3 N–H and O–H groups in total. The highest BCUT2D eigenvalue weighted by molar-refractivity contribution is 7.17. The molecule has 0 saturated carbocycles. The van der Waals surface area contributed by atoms with E-state index in [1.807, 2.05) is 0 Å². The molecule has 10 heteroatoms. The van der Waals surface area contributed by atoms with Crippen molar-refractivity contribution < 1.29 is 31.9 Å². The van der Waals surface area contributed by atoms with Gasteiger partial charge in [-0.25, -0.2) is 31.7 Å². The Labute approximate surface area is 111 Å². The van der Waals surface area contributed by atoms with Crippen molar-refractivity contribution in [3.8, 4) is 11.3 Å². The minimum absolute atomic E-state index is 0.346. The number of thiazole rings is 1. The van der Waals surface area contributed by atoms with E-state index in [2.05, 4.69) is 4.98 Å². The fraction of sp³-hybridized carbons (Fsp3) is 0. The van der Waals surface area contributed by atoms with Crippen molar-refractivity contribution >= 4 is 22.4 Å². The van der Waals surface area contributed by atoms with E-state index in [-0.39, 0.29) is 5.13 Å². The third-order valence-electron chi connectivity index (χ3n) is 2.28. The molecule has 106 valence electrons. The van der Waals surface area contributed by atoms with E-state index in [1.165, 1.54) is 0 Å². The minimum Gasteiger partial charge on any atom is -0.477 e. The van der Waals surface area contributed by atoms with Gasteiger partial charge in [0, 0.05) is 0 Å². The van der Waals surface area contributed by atoms with Gasteiger partial charge in [0.05, 0.1) is 5.56 Å². The van der Waals surface area contributed by atoms with Crippen LogP contribution in [-0.4, -0.2) is 16.1 Å². The number of halogens is 5. The van der Waals surface area contributed by atoms with E-state index in [0.717, 1.165) is 0 Å². The lowest BCUT2D eigenvalue weighted by molar-refractivity contribution is 0.0702. The van der Waals surface area contributed by atoms with Crippen LogP contribution in [0.5, 0.6) is 0 Å². The number of aromatic carboxylic acids is 1. The lowest BCUT2D eigenvalue weighted by atomic mass is 10.1. The number of anilines is 1. The second kappa shape index (κ2) is 4.71. The van der Waals surface area contributed by atoms with Gasteiger partial charge in [0.2, 0.25) is 5.82 Å². The van der Waals surface area contributed by atoms with Crippen molar-refractivity contribution in [3.63, 3.8) is 0 Å². The minimum atomic E-state index is -2.34. The average molecular weight is 310 g/mol. The number of hydrogen-bond acceptors (Lipinski definition) is 4. The van der Waals surface area contributed by atoms with Crippen LogP contribution in [-0.2, 0) is 0 Å². The third-order valence-corrected chi connectivity index (χ3v) is 3.16. The number of nitrogens with zero attached hydrogens (tertiary/aromatic N) is 1. The number of carboxylic acid groups (broad SMARTS) is 1. The molecule has 0 aliphatic carbocycles. The zero-order valence-corrected chi connectivity index (χ0v) is 9.99. The summed E-state index contributed by atoms with van der Waals surface area (Å²) in [5.41, 5.74) is 2.86. The fourth-order valence-electron chi connectivity index (χ4n) is 1.46. The van der Waals surface area contributed by atoms with E-state index < -0.39 is 51.2 Å². The van der Waals surface area contributed by atoms with Crippen LogP contribution in [0.3, 0.4) is 0 Å². The zero-order chi connectivity index (χ0) is 15.2. The molecule has 0 saturated heterocycles. The summed E-state index contributed by atoms with van der Waals surface area (Å²) in [4.78, 5) is 13.5. The Kier molecular flexibility index (Phi) is 3.34. The van der Waals surface area contributed by atoms with Gasteiger partial charge in [0.25, 0.3) is 0 Å². The third kappa shape index (κ3) is 1.97. The van der Waals surface area contributed by atoms with Gasteiger partial charge in [0.1, 0.15) is 10.6 Å². The lowest BCUT2D eigenvalue weighted by Crippen LogP contribution is -2.06. The van der Waals surface area contributed by atoms with Gasteiger partial charge in [-0.3, -0.25) is 0 Å². The maximum absolute atomic E-state index is 13.6. The van der Waals surface area contributed by atoms with E-state index in [4.69, 9.17) is 10.8 Å². The van der Waals surface area contributed by atoms with Crippen molar-refractivity contribution in [2.24, 2.45) is 0 Å². The Morgan fingerprint density at radius 2 is 1.45 bits per heavy atom. The van der Waals surface area contributed by atoms with Gasteiger partial charge in [-0.15, -0.1) is 0 Å². The molecule has 0 atom stereocenters. The van der Waals surface area contributed by atoms with E-state index in [1.54, 1.807) is 0 Å². The van der Waals surface area contributed by atoms with Gasteiger partial charge < -0.3 is 10.8 Å². The van der Waals surface area contributed by atoms with Crippen LogP contribution in [0.1, 0.15) is 9.67 Å². The molecule has 0 bridgehead atoms. The highest BCUT2D eigenvalue weighted by Crippen LogP contribution is 2.36. The number of aromatic nitrogens is 1. The van der Waals surface area contributed by atoms with Crippen LogP contribution in [0.25, 0.3) is 11.3 Å². The number of hydrogen-bond donors (Lipinski definition) is 2. The molecule has 20 heavy (non-hydrogen) atoms. The molecule has 1 aromatic heterocycles. The van der Waals surface area contributed by atoms with Crippen LogP contribution < -0.4 is 5.73 Å². The number of carboxylic acids is 1.